The quantitative estimate of drug-likeness (QED) is 0.842. The molecule has 1 aliphatic rings. The van der Waals surface area contributed by atoms with Gasteiger partial charge in [-0.25, -0.2) is 14.6 Å². The molecule has 1 saturated heterocycles. The molecule has 0 bridgehead atoms. The minimum Gasteiger partial charge on any atom is -0.341 e. The van der Waals surface area contributed by atoms with Gasteiger partial charge >= 0.3 is 0 Å². The van der Waals surface area contributed by atoms with Gasteiger partial charge in [0.1, 0.15) is 11.6 Å². The number of amides is 1. The van der Waals surface area contributed by atoms with Gasteiger partial charge in [0.05, 0.1) is 12.4 Å². The molecule has 23 heavy (non-hydrogen) atoms. The topological polar surface area (TPSA) is 68.8 Å². The van der Waals surface area contributed by atoms with Gasteiger partial charge < -0.3 is 9.47 Å². The Bertz CT molecular complexity index is 648. The third kappa shape index (κ3) is 3.78. The maximum atomic E-state index is 12.4. The molecule has 0 N–H and O–H groups in total. The van der Waals surface area contributed by atoms with E-state index >= 15 is 0 Å². The second kappa shape index (κ2) is 6.93. The summed E-state index contributed by atoms with van der Waals surface area (Å²) in [6.07, 6.45) is 8.99. The van der Waals surface area contributed by atoms with Crippen LogP contribution >= 0.6 is 0 Å². The standard InChI is InChI=1S/C16H24N6O/c1-13-18-14(2)22(19-13)15-5-3-9-21(11-15)16(23)6-4-8-20-10-7-17-12-20/h7,10,12,15H,3-6,8-9,11H2,1-2H3/t15-/m0/s1. The highest BCUT2D eigenvalue weighted by atomic mass is 16.2. The van der Waals surface area contributed by atoms with E-state index in [9.17, 15) is 4.79 Å². The largest absolute Gasteiger partial charge is 0.341 e. The summed E-state index contributed by atoms with van der Waals surface area (Å²) in [5.74, 6) is 1.97. The Morgan fingerprint density at radius 2 is 2.26 bits per heavy atom. The van der Waals surface area contributed by atoms with Crippen LogP contribution in [0.5, 0.6) is 0 Å². The van der Waals surface area contributed by atoms with E-state index in [1.165, 1.54) is 0 Å². The summed E-state index contributed by atoms with van der Waals surface area (Å²) in [6, 6.07) is 0.252. The lowest BCUT2D eigenvalue weighted by atomic mass is 10.1. The third-order valence-electron chi connectivity index (χ3n) is 4.37. The van der Waals surface area contributed by atoms with Crippen molar-refractivity contribution < 1.29 is 4.79 Å². The Morgan fingerprint density at radius 1 is 1.39 bits per heavy atom. The van der Waals surface area contributed by atoms with Gasteiger partial charge in [-0.1, -0.05) is 0 Å². The molecule has 2 aromatic rings. The number of hydrogen-bond donors (Lipinski definition) is 0. The summed E-state index contributed by atoms with van der Waals surface area (Å²) in [5.41, 5.74) is 0. The molecule has 0 aliphatic carbocycles. The van der Waals surface area contributed by atoms with Crippen LogP contribution in [0.3, 0.4) is 0 Å². The molecule has 0 spiro atoms. The highest BCUT2D eigenvalue weighted by molar-refractivity contribution is 5.76. The number of rotatable bonds is 5. The summed E-state index contributed by atoms with van der Waals surface area (Å²) in [6.45, 7) is 6.32. The van der Waals surface area contributed by atoms with Gasteiger partial charge in [-0.15, -0.1) is 0 Å². The Morgan fingerprint density at radius 3 is 2.96 bits per heavy atom. The fourth-order valence-electron chi connectivity index (χ4n) is 3.25. The molecule has 0 radical (unpaired) electrons. The van der Waals surface area contributed by atoms with Crippen molar-refractivity contribution in [3.63, 3.8) is 0 Å². The van der Waals surface area contributed by atoms with Crippen molar-refractivity contribution in [3.8, 4) is 0 Å². The predicted octanol–water partition coefficient (Wildman–Crippen LogP) is 1.74. The first-order valence-electron chi connectivity index (χ1n) is 8.27. The van der Waals surface area contributed by atoms with Crippen molar-refractivity contribution in [1.82, 2.24) is 29.2 Å². The number of likely N-dealkylation sites (tertiary alicyclic amines) is 1. The van der Waals surface area contributed by atoms with E-state index < -0.39 is 0 Å². The maximum Gasteiger partial charge on any atom is 0.222 e. The molecular formula is C16H24N6O. The van der Waals surface area contributed by atoms with Crippen LogP contribution in [0.15, 0.2) is 18.7 Å². The normalized spacial score (nSPS) is 18.3. The third-order valence-corrected chi connectivity index (χ3v) is 4.37. The van der Waals surface area contributed by atoms with Gasteiger partial charge in [0.2, 0.25) is 5.91 Å². The van der Waals surface area contributed by atoms with Crippen molar-refractivity contribution >= 4 is 5.91 Å². The minimum atomic E-state index is 0.240. The molecular weight excluding hydrogens is 292 g/mol. The Balaban J connectivity index is 1.53. The molecule has 2 aromatic heterocycles. The molecule has 3 rings (SSSR count). The van der Waals surface area contributed by atoms with Gasteiger partial charge in [0, 0.05) is 38.4 Å². The zero-order valence-corrected chi connectivity index (χ0v) is 13.9. The van der Waals surface area contributed by atoms with Crippen molar-refractivity contribution in [3.05, 3.63) is 30.4 Å². The molecule has 3 heterocycles. The van der Waals surface area contributed by atoms with E-state index in [2.05, 4.69) is 15.1 Å². The average molecular weight is 316 g/mol. The number of carbonyl (C=O) groups is 1. The van der Waals surface area contributed by atoms with Gasteiger partial charge in [-0.3, -0.25) is 4.79 Å². The van der Waals surface area contributed by atoms with Crippen LogP contribution in [0.1, 0.15) is 43.4 Å². The number of piperidine rings is 1. The van der Waals surface area contributed by atoms with Crippen molar-refractivity contribution in [2.45, 2.75) is 52.1 Å². The highest BCUT2D eigenvalue weighted by Gasteiger charge is 2.26. The predicted molar refractivity (Wildman–Crippen MR) is 85.8 cm³/mol. The van der Waals surface area contributed by atoms with E-state index in [-0.39, 0.29) is 11.9 Å². The van der Waals surface area contributed by atoms with Crippen LogP contribution < -0.4 is 0 Å². The molecule has 124 valence electrons. The fraction of sp³-hybridized carbons (Fsp3) is 0.625. The van der Waals surface area contributed by atoms with E-state index in [0.717, 1.165) is 50.5 Å². The maximum absolute atomic E-state index is 12.4. The summed E-state index contributed by atoms with van der Waals surface area (Å²) in [7, 11) is 0. The molecule has 1 fully saturated rings. The van der Waals surface area contributed by atoms with Crippen LogP contribution in [0, 0.1) is 13.8 Å². The van der Waals surface area contributed by atoms with Crippen LogP contribution in [0.2, 0.25) is 0 Å². The molecule has 0 unspecified atom stereocenters. The lowest BCUT2D eigenvalue weighted by Gasteiger charge is -2.33. The molecule has 0 aromatic carbocycles. The first kappa shape index (κ1) is 15.7. The second-order valence-electron chi connectivity index (χ2n) is 6.19. The van der Waals surface area contributed by atoms with Crippen LogP contribution in [0.4, 0.5) is 0 Å². The molecule has 1 aliphatic heterocycles. The van der Waals surface area contributed by atoms with E-state index in [1.807, 2.05) is 34.2 Å². The molecule has 7 heteroatoms. The van der Waals surface area contributed by atoms with Crippen LogP contribution in [0.25, 0.3) is 0 Å². The lowest BCUT2D eigenvalue weighted by molar-refractivity contribution is -0.133. The van der Waals surface area contributed by atoms with Gasteiger partial charge in [-0.05, 0) is 33.1 Å². The molecule has 7 nitrogen and oxygen atoms in total. The molecule has 1 atom stereocenters. The van der Waals surface area contributed by atoms with Gasteiger partial charge in [-0.2, -0.15) is 5.10 Å². The van der Waals surface area contributed by atoms with E-state index in [4.69, 9.17) is 0 Å². The van der Waals surface area contributed by atoms with E-state index in [0.29, 0.717) is 6.42 Å². The van der Waals surface area contributed by atoms with Crippen molar-refractivity contribution in [2.24, 2.45) is 0 Å². The van der Waals surface area contributed by atoms with Crippen LogP contribution in [-0.4, -0.2) is 48.2 Å². The van der Waals surface area contributed by atoms with Crippen molar-refractivity contribution in [2.75, 3.05) is 13.1 Å². The van der Waals surface area contributed by atoms with Crippen LogP contribution in [-0.2, 0) is 11.3 Å². The Labute approximate surface area is 136 Å². The molecule has 0 saturated carbocycles. The SMILES string of the molecule is Cc1nc(C)n([C@H]2CCCN(C(=O)CCCn3ccnc3)C2)n1. The monoisotopic (exact) mass is 316 g/mol. The summed E-state index contributed by atoms with van der Waals surface area (Å²) in [5, 5.41) is 4.48. The number of hydrogen-bond acceptors (Lipinski definition) is 4. The Kier molecular flexibility index (Phi) is 4.73. The summed E-state index contributed by atoms with van der Waals surface area (Å²) in [4.78, 5) is 22.8. The number of imidazole rings is 1. The zero-order chi connectivity index (χ0) is 16.2. The summed E-state index contributed by atoms with van der Waals surface area (Å²) >= 11 is 0. The first-order valence-corrected chi connectivity index (χ1v) is 8.27. The zero-order valence-electron chi connectivity index (χ0n) is 13.9. The fourth-order valence-corrected chi connectivity index (χ4v) is 3.25. The summed E-state index contributed by atoms with van der Waals surface area (Å²) < 4.78 is 3.99. The average Bonchev–Trinajstić information content (AvgIpc) is 3.17. The van der Waals surface area contributed by atoms with E-state index in [1.54, 1.807) is 12.5 Å². The van der Waals surface area contributed by atoms with Gasteiger partial charge in [0.15, 0.2) is 0 Å². The smallest absolute Gasteiger partial charge is 0.222 e. The Hall–Kier alpha value is -2.18. The van der Waals surface area contributed by atoms with Gasteiger partial charge in [0.25, 0.3) is 0 Å². The lowest BCUT2D eigenvalue weighted by Crippen LogP contribution is -2.41. The highest BCUT2D eigenvalue weighted by Crippen LogP contribution is 2.22. The van der Waals surface area contributed by atoms with Crippen molar-refractivity contribution in [1.29, 1.82) is 0 Å². The number of aryl methyl sites for hydroxylation is 3. The number of carbonyl (C=O) groups excluding carboxylic acids is 1. The number of nitrogens with zero attached hydrogens (tertiary/aromatic N) is 6. The second-order valence-corrected chi connectivity index (χ2v) is 6.19. The first-order chi connectivity index (χ1) is 11.1. The minimum absolute atomic E-state index is 0.240. The molecule has 1 amide bonds. The number of aromatic nitrogens is 5.